The van der Waals surface area contributed by atoms with Crippen LogP contribution >= 0.6 is 0 Å². The quantitative estimate of drug-likeness (QED) is 0.728. The van der Waals surface area contributed by atoms with Gasteiger partial charge in [-0.3, -0.25) is 0 Å². The van der Waals surface area contributed by atoms with Crippen LogP contribution in [-0.2, 0) is 4.74 Å². The van der Waals surface area contributed by atoms with Crippen molar-refractivity contribution >= 4 is 0 Å². The van der Waals surface area contributed by atoms with Gasteiger partial charge in [-0.05, 0) is 56.8 Å². The van der Waals surface area contributed by atoms with E-state index in [-0.39, 0.29) is 6.10 Å². The van der Waals surface area contributed by atoms with Crippen LogP contribution in [0, 0.1) is 11.8 Å². The van der Waals surface area contributed by atoms with Gasteiger partial charge in [0, 0.05) is 6.61 Å². The largest absolute Gasteiger partial charge is 0.393 e. The van der Waals surface area contributed by atoms with Gasteiger partial charge in [0.15, 0.2) is 0 Å². The average molecular weight is 268 g/mol. The number of aliphatic hydroxyl groups excluding tert-OH is 1. The maximum Gasteiger partial charge on any atom is 0.0604 e. The van der Waals surface area contributed by atoms with Gasteiger partial charge < -0.3 is 9.84 Å². The SMILES string of the molecule is CCCCCCOC1CCC(O)C2CCCC1CC2. The third-order valence-corrected chi connectivity index (χ3v) is 5.20. The molecule has 0 spiro atoms. The number of hydrogen-bond donors (Lipinski definition) is 1. The van der Waals surface area contributed by atoms with Crippen LogP contribution in [0.25, 0.3) is 0 Å². The van der Waals surface area contributed by atoms with Crippen LogP contribution in [0.15, 0.2) is 0 Å². The smallest absolute Gasteiger partial charge is 0.0604 e. The van der Waals surface area contributed by atoms with Crippen molar-refractivity contribution in [1.82, 2.24) is 0 Å². The van der Waals surface area contributed by atoms with Gasteiger partial charge in [-0.25, -0.2) is 0 Å². The second-order valence-corrected chi connectivity index (χ2v) is 6.64. The summed E-state index contributed by atoms with van der Waals surface area (Å²) < 4.78 is 6.19. The lowest BCUT2D eigenvalue weighted by molar-refractivity contribution is -0.0215. The van der Waals surface area contributed by atoms with Crippen LogP contribution in [0.3, 0.4) is 0 Å². The molecule has 2 bridgehead atoms. The summed E-state index contributed by atoms with van der Waals surface area (Å²) in [6.07, 6.45) is 13.9. The van der Waals surface area contributed by atoms with Crippen molar-refractivity contribution in [2.75, 3.05) is 6.61 Å². The van der Waals surface area contributed by atoms with Gasteiger partial charge in [0.05, 0.1) is 12.2 Å². The zero-order valence-electron chi connectivity index (χ0n) is 12.7. The Hall–Kier alpha value is -0.0800. The zero-order chi connectivity index (χ0) is 13.5. The zero-order valence-corrected chi connectivity index (χ0v) is 12.7. The van der Waals surface area contributed by atoms with Crippen molar-refractivity contribution in [2.24, 2.45) is 11.8 Å². The minimum absolute atomic E-state index is 0.0646. The van der Waals surface area contributed by atoms with Crippen molar-refractivity contribution in [3.8, 4) is 0 Å². The molecule has 0 aromatic rings. The predicted molar refractivity (Wildman–Crippen MR) is 79.2 cm³/mol. The molecule has 1 N–H and O–H groups in total. The molecular weight excluding hydrogens is 236 g/mol. The molecule has 0 heterocycles. The summed E-state index contributed by atoms with van der Waals surface area (Å²) in [4.78, 5) is 0. The van der Waals surface area contributed by atoms with E-state index in [0.29, 0.717) is 12.0 Å². The Kier molecular flexibility index (Phi) is 6.66. The molecule has 2 aliphatic rings. The molecule has 2 fully saturated rings. The molecule has 0 radical (unpaired) electrons. The first kappa shape index (κ1) is 15.3. The molecule has 19 heavy (non-hydrogen) atoms. The van der Waals surface area contributed by atoms with Crippen LogP contribution in [-0.4, -0.2) is 23.9 Å². The minimum Gasteiger partial charge on any atom is -0.393 e. The summed E-state index contributed by atoms with van der Waals surface area (Å²) in [7, 11) is 0. The normalized spacial score (nSPS) is 35.7. The van der Waals surface area contributed by atoms with Gasteiger partial charge in [-0.15, -0.1) is 0 Å². The Balaban J connectivity index is 1.78. The lowest BCUT2D eigenvalue weighted by Gasteiger charge is -2.31. The topological polar surface area (TPSA) is 29.5 Å². The summed E-state index contributed by atoms with van der Waals surface area (Å²) in [5.74, 6) is 1.35. The molecule has 2 nitrogen and oxygen atoms in total. The van der Waals surface area contributed by atoms with Crippen molar-refractivity contribution in [1.29, 1.82) is 0 Å². The molecule has 0 aromatic heterocycles. The van der Waals surface area contributed by atoms with E-state index in [1.165, 1.54) is 57.8 Å². The van der Waals surface area contributed by atoms with Crippen molar-refractivity contribution in [3.63, 3.8) is 0 Å². The maximum atomic E-state index is 10.2. The van der Waals surface area contributed by atoms with Gasteiger partial charge in [0.25, 0.3) is 0 Å². The van der Waals surface area contributed by atoms with Crippen LogP contribution in [0.2, 0.25) is 0 Å². The van der Waals surface area contributed by atoms with Crippen molar-refractivity contribution < 1.29 is 9.84 Å². The Morgan fingerprint density at radius 1 is 0.895 bits per heavy atom. The first-order chi connectivity index (χ1) is 9.31. The van der Waals surface area contributed by atoms with Gasteiger partial charge in [-0.2, -0.15) is 0 Å². The molecule has 0 aliphatic heterocycles. The minimum atomic E-state index is -0.0646. The van der Waals surface area contributed by atoms with Crippen LogP contribution in [0.1, 0.15) is 77.6 Å². The van der Waals surface area contributed by atoms with Gasteiger partial charge in [0.1, 0.15) is 0 Å². The standard InChI is InChI=1S/C17H32O2/c1-2-3-4-5-13-19-17-12-11-16(18)14-7-6-8-15(17)10-9-14/h14-18H,2-13H2,1H3. The average Bonchev–Trinajstić information content (AvgIpc) is 2.63. The lowest BCUT2D eigenvalue weighted by Crippen LogP contribution is -2.30. The van der Waals surface area contributed by atoms with Crippen LogP contribution in [0.4, 0.5) is 0 Å². The highest BCUT2D eigenvalue weighted by atomic mass is 16.5. The Bertz CT molecular complexity index is 241. The Labute approximate surface area is 118 Å². The number of unbranched alkanes of at least 4 members (excludes halogenated alkanes) is 3. The van der Waals surface area contributed by atoms with Crippen molar-refractivity contribution in [2.45, 2.75) is 89.8 Å². The van der Waals surface area contributed by atoms with Gasteiger partial charge >= 0.3 is 0 Å². The van der Waals surface area contributed by atoms with E-state index in [1.807, 2.05) is 0 Å². The summed E-state index contributed by atoms with van der Waals surface area (Å²) in [5.41, 5.74) is 0. The molecule has 2 rings (SSSR count). The van der Waals surface area contributed by atoms with Gasteiger partial charge in [-0.1, -0.05) is 32.6 Å². The summed E-state index contributed by atoms with van der Waals surface area (Å²) >= 11 is 0. The number of aliphatic hydroxyl groups is 1. The molecule has 4 unspecified atom stereocenters. The molecule has 4 atom stereocenters. The van der Waals surface area contributed by atoms with Crippen LogP contribution < -0.4 is 0 Å². The molecule has 112 valence electrons. The number of rotatable bonds is 6. The second-order valence-electron chi connectivity index (χ2n) is 6.64. The van der Waals surface area contributed by atoms with E-state index in [4.69, 9.17) is 4.74 Å². The summed E-state index contributed by atoms with van der Waals surface area (Å²) in [6, 6.07) is 0. The van der Waals surface area contributed by atoms with Crippen molar-refractivity contribution in [3.05, 3.63) is 0 Å². The molecular formula is C17H32O2. The first-order valence-corrected chi connectivity index (χ1v) is 8.61. The fraction of sp³-hybridized carbons (Fsp3) is 1.00. The predicted octanol–water partition coefficient (Wildman–Crippen LogP) is 4.30. The second kappa shape index (κ2) is 8.26. The van der Waals surface area contributed by atoms with E-state index < -0.39 is 0 Å². The lowest BCUT2D eigenvalue weighted by atomic mass is 9.84. The number of ether oxygens (including phenoxy) is 1. The van der Waals surface area contributed by atoms with E-state index in [9.17, 15) is 5.11 Å². The Morgan fingerprint density at radius 2 is 1.68 bits per heavy atom. The molecule has 2 heteroatoms. The number of fused-ring (bicyclic) bond motifs is 3. The summed E-state index contributed by atoms with van der Waals surface area (Å²) in [6.45, 7) is 3.18. The molecule has 2 aliphatic carbocycles. The Morgan fingerprint density at radius 3 is 2.53 bits per heavy atom. The van der Waals surface area contributed by atoms with E-state index in [1.54, 1.807) is 0 Å². The fourth-order valence-electron chi connectivity index (χ4n) is 3.91. The highest BCUT2D eigenvalue weighted by molar-refractivity contribution is 4.84. The van der Waals surface area contributed by atoms with E-state index in [0.717, 1.165) is 25.4 Å². The van der Waals surface area contributed by atoms with E-state index in [2.05, 4.69) is 6.92 Å². The third-order valence-electron chi connectivity index (χ3n) is 5.20. The molecule has 0 amide bonds. The monoisotopic (exact) mass is 268 g/mol. The fourth-order valence-corrected chi connectivity index (χ4v) is 3.91. The maximum absolute atomic E-state index is 10.2. The van der Waals surface area contributed by atoms with Crippen LogP contribution in [0.5, 0.6) is 0 Å². The van der Waals surface area contributed by atoms with E-state index >= 15 is 0 Å². The molecule has 0 aromatic carbocycles. The highest BCUT2D eigenvalue weighted by Gasteiger charge is 2.32. The molecule has 2 saturated carbocycles. The molecule has 0 saturated heterocycles. The first-order valence-electron chi connectivity index (χ1n) is 8.61. The highest BCUT2D eigenvalue weighted by Crippen LogP contribution is 2.37. The number of hydrogen-bond acceptors (Lipinski definition) is 2. The third kappa shape index (κ3) is 4.75. The van der Waals surface area contributed by atoms with Gasteiger partial charge in [0.2, 0.25) is 0 Å². The summed E-state index contributed by atoms with van der Waals surface area (Å²) in [5, 5.41) is 10.2.